The molecule has 0 amide bonds. The van der Waals surface area contributed by atoms with Crippen LogP contribution in [-0.4, -0.2) is 4.98 Å². The lowest BCUT2D eigenvalue weighted by Crippen LogP contribution is -2.13. The normalized spacial score (nSPS) is 15.8. The van der Waals surface area contributed by atoms with Crippen molar-refractivity contribution in [2.45, 2.75) is 25.7 Å². The molecular weight excluding hydrogens is 208 g/mol. The molecule has 1 aliphatic rings. The van der Waals surface area contributed by atoms with E-state index in [4.69, 9.17) is 0 Å². The van der Waals surface area contributed by atoms with Crippen LogP contribution < -0.4 is 5.32 Å². The van der Waals surface area contributed by atoms with E-state index >= 15 is 0 Å². The molecule has 2 heteroatoms. The highest BCUT2D eigenvalue weighted by molar-refractivity contribution is 5.93. The SMILES string of the molecule is C=CNc1c[nH]c2ccc(CC3CCC3)cc12. The van der Waals surface area contributed by atoms with Crippen LogP contribution >= 0.6 is 0 Å². The summed E-state index contributed by atoms with van der Waals surface area (Å²) in [5.74, 6) is 0.919. The van der Waals surface area contributed by atoms with Crippen molar-refractivity contribution < 1.29 is 0 Å². The van der Waals surface area contributed by atoms with Gasteiger partial charge in [0, 0.05) is 17.1 Å². The molecule has 17 heavy (non-hydrogen) atoms. The first-order valence-corrected chi connectivity index (χ1v) is 6.34. The second-order valence-electron chi connectivity index (χ2n) is 4.93. The van der Waals surface area contributed by atoms with Crippen molar-refractivity contribution in [3.05, 3.63) is 42.7 Å². The van der Waals surface area contributed by atoms with Crippen LogP contribution in [0.1, 0.15) is 24.8 Å². The van der Waals surface area contributed by atoms with Gasteiger partial charge in [-0.1, -0.05) is 31.9 Å². The summed E-state index contributed by atoms with van der Waals surface area (Å²) in [4.78, 5) is 3.27. The highest BCUT2D eigenvalue weighted by Gasteiger charge is 2.17. The molecule has 3 rings (SSSR count). The maximum Gasteiger partial charge on any atom is 0.0637 e. The summed E-state index contributed by atoms with van der Waals surface area (Å²) >= 11 is 0. The van der Waals surface area contributed by atoms with Crippen LogP contribution in [-0.2, 0) is 6.42 Å². The lowest BCUT2D eigenvalue weighted by molar-refractivity contribution is 0.314. The third kappa shape index (κ3) is 1.95. The van der Waals surface area contributed by atoms with Gasteiger partial charge in [0.15, 0.2) is 0 Å². The van der Waals surface area contributed by atoms with Gasteiger partial charge in [0.2, 0.25) is 0 Å². The number of fused-ring (bicyclic) bond motifs is 1. The zero-order valence-electron chi connectivity index (χ0n) is 10.00. The molecule has 1 aliphatic carbocycles. The molecule has 0 spiro atoms. The standard InChI is InChI=1S/C15H18N2/c1-2-16-15-10-17-14-7-6-12(9-13(14)15)8-11-4-3-5-11/h2,6-7,9-11,16-17H,1,3-5,8H2. The van der Waals surface area contributed by atoms with Crippen molar-refractivity contribution in [3.8, 4) is 0 Å². The molecule has 0 bridgehead atoms. The van der Waals surface area contributed by atoms with Gasteiger partial charge >= 0.3 is 0 Å². The Hall–Kier alpha value is -1.70. The molecule has 88 valence electrons. The molecule has 0 unspecified atom stereocenters. The average Bonchev–Trinajstić information content (AvgIpc) is 2.67. The van der Waals surface area contributed by atoms with E-state index in [0.717, 1.165) is 11.6 Å². The zero-order chi connectivity index (χ0) is 11.7. The summed E-state index contributed by atoms with van der Waals surface area (Å²) in [6, 6.07) is 6.72. The first-order valence-electron chi connectivity index (χ1n) is 6.34. The number of H-pyrrole nitrogens is 1. The van der Waals surface area contributed by atoms with E-state index in [9.17, 15) is 0 Å². The van der Waals surface area contributed by atoms with Gasteiger partial charge in [-0.25, -0.2) is 0 Å². The zero-order valence-corrected chi connectivity index (χ0v) is 10.00. The molecule has 1 aromatic heterocycles. The van der Waals surface area contributed by atoms with E-state index in [1.807, 2.05) is 6.20 Å². The average molecular weight is 226 g/mol. The Bertz CT molecular complexity index is 535. The highest BCUT2D eigenvalue weighted by Crippen LogP contribution is 2.31. The van der Waals surface area contributed by atoms with Crippen molar-refractivity contribution in [2.24, 2.45) is 5.92 Å². The van der Waals surface area contributed by atoms with Gasteiger partial charge in [-0.3, -0.25) is 0 Å². The maximum absolute atomic E-state index is 3.71. The summed E-state index contributed by atoms with van der Waals surface area (Å²) in [6.45, 7) is 3.71. The number of rotatable bonds is 4. The maximum atomic E-state index is 3.71. The van der Waals surface area contributed by atoms with Crippen molar-refractivity contribution in [1.29, 1.82) is 0 Å². The smallest absolute Gasteiger partial charge is 0.0637 e. The molecule has 2 nitrogen and oxygen atoms in total. The van der Waals surface area contributed by atoms with Crippen LogP contribution in [0.4, 0.5) is 5.69 Å². The summed E-state index contributed by atoms with van der Waals surface area (Å²) in [6.07, 6.45) is 9.18. The molecule has 0 atom stereocenters. The number of benzene rings is 1. The van der Waals surface area contributed by atoms with Gasteiger partial charge in [0.25, 0.3) is 0 Å². The van der Waals surface area contributed by atoms with Gasteiger partial charge in [-0.2, -0.15) is 0 Å². The summed E-state index contributed by atoms with van der Waals surface area (Å²) in [5, 5.41) is 4.44. The fourth-order valence-corrected chi connectivity index (χ4v) is 2.55. The van der Waals surface area contributed by atoms with Crippen LogP contribution in [0, 0.1) is 5.92 Å². The minimum Gasteiger partial charge on any atom is -0.361 e. The number of hydrogen-bond acceptors (Lipinski definition) is 1. The number of aromatic amines is 1. The van der Waals surface area contributed by atoms with Gasteiger partial charge in [0.05, 0.1) is 5.69 Å². The molecule has 1 aromatic carbocycles. The second kappa shape index (κ2) is 4.28. The fourth-order valence-electron chi connectivity index (χ4n) is 2.55. The lowest BCUT2D eigenvalue weighted by Gasteiger charge is -2.25. The summed E-state index contributed by atoms with van der Waals surface area (Å²) in [7, 11) is 0. The Morgan fingerprint density at radius 2 is 2.29 bits per heavy atom. The van der Waals surface area contributed by atoms with Crippen LogP contribution in [0.3, 0.4) is 0 Å². The number of nitrogens with one attached hydrogen (secondary N) is 2. The van der Waals surface area contributed by atoms with Gasteiger partial charge < -0.3 is 10.3 Å². The van der Waals surface area contributed by atoms with Crippen LogP contribution in [0.15, 0.2) is 37.2 Å². The van der Waals surface area contributed by atoms with Gasteiger partial charge in [-0.05, 0) is 36.2 Å². The minimum absolute atomic E-state index is 0.919. The largest absolute Gasteiger partial charge is 0.361 e. The Morgan fingerprint density at radius 1 is 1.41 bits per heavy atom. The van der Waals surface area contributed by atoms with Crippen molar-refractivity contribution in [2.75, 3.05) is 5.32 Å². The number of hydrogen-bond donors (Lipinski definition) is 2. The number of anilines is 1. The topological polar surface area (TPSA) is 27.8 Å². The molecular formula is C15H18N2. The van der Waals surface area contributed by atoms with E-state index in [1.54, 1.807) is 6.20 Å². The molecule has 0 radical (unpaired) electrons. The number of aromatic nitrogens is 1. The monoisotopic (exact) mass is 226 g/mol. The predicted molar refractivity (Wildman–Crippen MR) is 73.2 cm³/mol. The van der Waals surface area contributed by atoms with Crippen LogP contribution in [0.5, 0.6) is 0 Å². The summed E-state index contributed by atoms with van der Waals surface area (Å²) in [5.41, 5.74) is 3.76. The summed E-state index contributed by atoms with van der Waals surface area (Å²) < 4.78 is 0. The fraction of sp³-hybridized carbons (Fsp3) is 0.333. The van der Waals surface area contributed by atoms with E-state index in [1.165, 1.54) is 42.1 Å². The van der Waals surface area contributed by atoms with E-state index < -0.39 is 0 Å². The molecule has 1 heterocycles. The minimum atomic E-state index is 0.919. The molecule has 2 N–H and O–H groups in total. The molecule has 1 saturated carbocycles. The first-order chi connectivity index (χ1) is 8.36. The quantitative estimate of drug-likeness (QED) is 0.808. The van der Waals surface area contributed by atoms with Gasteiger partial charge in [0.1, 0.15) is 0 Å². The van der Waals surface area contributed by atoms with Crippen molar-refractivity contribution in [1.82, 2.24) is 4.98 Å². The van der Waals surface area contributed by atoms with Crippen molar-refractivity contribution >= 4 is 16.6 Å². The Morgan fingerprint density at radius 3 is 3.00 bits per heavy atom. The Labute approximate surface area is 102 Å². The Balaban J connectivity index is 1.91. The van der Waals surface area contributed by atoms with Crippen LogP contribution in [0.25, 0.3) is 10.9 Å². The van der Waals surface area contributed by atoms with E-state index in [0.29, 0.717) is 0 Å². The predicted octanol–water partition coefficient (Wildman–Crippen LogP) is 4.07. The molecule has 1 fully saturated rings. The van der Waals surface area contributed by atoms with Crippen molar-refractivity contribution in [3.63, 3.8) is 0 Å². The van der Waals surface area contributed by atoms with Gasteiger partial charge in [-0.15, -0.1) is 0 Å². The first kappa shape index (κ1) is 10.5. The molecule has 2 aromatic rings. The highest BCUT2D eigenvalue weighted by atomic mass is 14.9. The van der Waals surface area contributed by atoms with E-state index in [-0.39, 0.29) is 0 Å². The Kier molecular flexibility index (Phi) is 2.63. The lowest BCUT2D eigenvalue weighted by atomic mass is 9.81. The third-order valence-corrected chi connectivity index (χ3v) is 3.75. The van der Waals surface area contributed by atoms with Crippen LogP contribution in [0.2, 0.25) is 0 Å². The molecule has 0 saturated heterocycles. The molecule has 0 aliphatic heterocycles. The second-order valence-corrected chi connectivity index (χ2v) is 4.93. The third-order valence-electron chi connectivity index (χ3n) is 3.75. The van der Waals surface area contributed by atoms with E-state index in [2.05, 4.69) is 35.1 Å².